The SMILES string of the molecule is O=C(O)c1ccc(Br)cc1Sc1cnnc2ccccc12. The highest BCUT2D eigenvalue weighted by molar-refractivity contribution is 9.10. The van der Waals surface area contributed by atoms with Crippen LogP contribution in [0.4, 0.5) is 0 Å². The van der Waals surface area contributed by atoms with Crippen molar-refractivity contribution in [3.05, 3.63) is 58.7 Å². The molecule has 2 aromatic carbocycles. The van der Waals surface area contributed by atoms with Crippen LogP contribution in [0.15, 0.2) is 62.9 Å². The number of carboxylic acid groups (broad SMARTS) is 1. The maximum atomic E-state index is 11.3. The molecule has 1 aromatic heterocycles. The minimum absolute atomic E-state index is 0.268. The third-order valence-electron chi connectivity index (χ3n) is 2.90. The lowest BCUT2D eigenvalue weighted by molar-refractivity contribution is 0.0693. The van der Waals surface area contributed by atoms with Gasteiger partial charge in [0.2, 0.25) is 0 Å². The van der Waals surface area contributed by atoms with Gasteiger partial charge in [-0.3, -0.25) is 0 Å². The molecule has 0 atom stereocenters. The minimum Gasteiger partial charge on any atom is -0.478 e. The molecule has 0 radical (unpaired) electrons. The van der Waals surface area contributed by atoms with Crippen molar-refractivity contribution in [2.45, 2.75) is 9.79 Å². The van der Waals surface area contributed by atoms with E-state index in [1.54, 1.807) is 24.4 Å². The normalized spacial score (nSPS) is 10.7. The molecule has 4 nitrogen and oxygen atoms in total. The van der Waals surface area contributed by atoms with Gasteiger partial charge in [0.25, 0.3) is 0 Å². The molecule has 0 bridgehead atoms. The van der Waals surface area contributed by atoms with Gasteiger partial charge in [0.1, 0.15) is 0 Å². The van der Waals surface area contributed by atoms with Gasteiger partial charge in [-0.05, 0) is 24.3 Å². The predicted molar refractivity (Wildman–Crippen MR) is 84.8 cm³/mol. The summed E-state index contributed by atoms with van der Waals surface area (Å²) in [5, 5.41) is 18.3. The van der Waals surface area contributed by atoms with E-state index in [0.29, 0.717) is 4.90 Å². The number of hydrogen-bond acceptors (Lipinski definition) is 4. The molecule has 6 heteroatoms. The zero-order valence-corrected chi connectivity index (χ0v) is 13.1. The van der Waals surface area contributed by atoms with Crippen molar-refractivity contribution >= 4 is 44.6 Å². The summed E-state index contributed by atoms with van der Waals surface area (Å²) in [6, 6.07) is 12.8. The van der Waals surface area contributed by atoms with Crippen molar-refractivity contribution in [2.75, 3.05) is 0 Å². The highest BCUT2D eigenvalue weighted by atomic mass is 79.9. The number of benzene rings is 2. The van der Waals surface area contributed by atoms with Crippen LogP contribution in [0, 0.1) is 0 Å². The Kier molecular flexibility index (Phi) is 3.90. The topological polar surface area (TPSA) is 63.1 Å². The Balaban J connectivity index is 2.11. The summed E-state index contributed by atoms with van der Waals surface area (Å²) in [7, 11) is 0. The molecular formula is C15H9BrN2O2S. The number of carboxylic acids is 1. The molecule has 0 spiro atoms. The lowest BCUT2D eigenvalue weighted by Crippen LogP contribution is -1.98. The molecule has 3 rings (SSSR count). The average molecular weight is 361 g/mol. The van der Waals surface area contributed by atoms with Gasteiger partial charge in [-0.25, -0.2) is 4.79 Å². The van der Waals surface area contributed by atoms with E-state index in [4.69, 9.17) is 0 Å². The highest BCUT2D eigenvalue weighted by Gasteiger charge is 2.13. The van der Waals surface area contributed by atoms with Crippen LogP contribution in [-0.4, -0.2) is 21.3 Å². The molecule has 1 heterocycles. The fraction of sp³-hybridized carbons (Fsp3) is 0. The number of rotatable bonds is 3. The van der Waals surface area contributed by atoms with Crippen molar-refractivity contribution in [1.82, 2.24) is 10.2 Å². The zero-order valence-electron chi connectivity index (χ0n) is 10.7. The van der Waals surface area contributed by atoms with Crippen molar-refractivity contribution in [1.29, 1.82) is 0 Å². The fourth-order valence-corrected chi connectivity index (χ4v) is 3.52. The Labute approximate surface area is 133 Å². The smallest absolute Gasteiger partial charge is 0.336 e. The van der Waals surface area contributed by atoms with Crippen molar-refractivity contribution in [2.24, 2.45) is 0 Å². The standard InChI is InChI=1S/C15H9BrN2O2S/c16-9-5-6-11(15(19)20)13(7-9)21-14-8-17-18-12-4-2-1-3-10(12)14/h1-8H,(H,19,20). The largest absolute Gasteiger partial charge is 0.478 e. The first-order chi connectivity index (χ1) is 10.1. The van der Waals surface area contributed by atoms with Crippen molar-refractivity contribution in [3.63, 3.8) is 0 Å². The molecule has 0 fully saturated rings. The van der Waals surface area contributed by atoms with Crippen molar-refractivity contribution < 1.29 is 9.90 Å². The first kappa shape index (κ1) is 14.0. The average Bonchev–Trinajstić information content (AvgIpc) is 2.47. The molecule has 0 aliphatic heterocycles. The summed E-state index contributed by atoms with van der Waals surface area (Å²) in [5.41, 5.74) is 1.05. The summed E-state index contributed by atoms with van der Waals surface area (Å²) < 4.78 is 0.835. The molecule has 0 aliphatic carbocycles. The van der Waals surface area contributed by atoms with Crippen LogP contribution in [-0.2, 0) is 0 Å². The van der Waals surface area contributed by atoms with Crippen LogP contribution < -0.4 is 0 Å². The van der Waals surface area contributed by atoms with Crippen LogP contribution in [0.25, 0.3) is 10.9 Å². The number of carbonyl (C=O) groups is 1. The van der Waals surface area contributed by atoms with Gasteiger partial charge in [-0.1, -0.05) is 45.9 Å². The maximum absolute atomic E-state index is 11.3. The second-order valence-electron chi connectivity index (χ2n) is 4.27. The van der Waals surface area contributed by atoms with Gasteiger partial charge in [0.15, 0.2) is 0 Å². The minimum atomic E-state index is -0.948. The molecule has 0 amide bonds. The van der Waals surface area contributed by atoms with E-state index in [1.807, 2.05) is 24.3 Å². The zero-order chi connectivity index (χ0) is 14.8. The molecule has 0 aliphatic rings. The monoisotopic (exact) mass is 360 g/mol. The summed E-state index contributed by atoms with van der Waals surface area (Å²) in [6.45, 7) is 0. The van der Waals surface area contributed by atoms with Gasteiger partial charge in [0, 0.05) is 19.6 Å². The Hall–Kier alpha value is -1.92. The molecule has 0 saturated carbocycles. The molecule has 0 unspecified atom stereocenters. The van der Waals surface area contributed by atoms with Crippen LogP contribution in [0.3, 0.4) is 0 Å². The van der Waals surface area contributed by atoms with Gasteiger partial charge >= 0.3 is 5.97 Å². The molecule has 21 heavy (non-hydrogen) atoms. The lowest BCUT2D eigenvalue weighted by Gasteiger charge is -2.08. The van der Waals surface area contributed by atoms with Crippen LogP contribution in [0.1, 0.15) is 10.4 Å². The first-order valence-electron chi connectivity index (χ1n) is 6.06. The number of nitrogens with zero attached hydrogens (tertiary/aromatic N) is 2. The maximum Gasteiger partial charge on any atom is 0.336 e. The van der Waals surface area contributed by atoms with Crippen molar-refractivity contribution in [3.8, 4) is 0 Å². The van der Waals surface area contributed by atoms with Crippen LogP contribution in [0.5, 0.6) is 0 Å². The van der Waals surface area contributed by atoms with Crippen LogP contribution in [0.2, 0.25) is 0 Å². The second-order valence-corrected chi connectivity index (χ2v) is 6.27. The summed E-state index contributed by atoms with van der Waals surface area (Å²) >= 11 is 4.75. The van der Waals surface area contributed by atoms with Gasteiger partial charge < -0.3 is 5.11 Å². The Morgan fingerprint density at radius 2 is 1.95 bits per heavy atom. The Morgan fingerprint density at radius 3 is 2.76 bits per heavy atom. The van der Waals surface area contributed by atoms with Crippen LogP contribution >= 0.6 is 27.7 Å². The second kappa shape index (κ2) is 5.83. The number of fused-ring (bicyclic) bond motifs is 1. The summed E-state index contributed by atoms with van der Waals surface area (Å²) in [5.74, 6) is -0.948. The van der Waals surface area contributed by atoms with E-state index in [2.05, 4.69) is 26.1 Å². The van der Waals surface area contributed by atoms with E-state index in [0.717, 1.165) is 20.3 Å². The lowest BCUT2D eigenvalue weighted by atomic mass is 10.2. The quantitative estimate of drug-likeness (QED) is 0.756. The number of hydrogen-bond donors (Lipinski definition) is 1. The Bertz CT molecular complexity index is 834. The first-order valence-corrected chi connectivity index (χ1v) is 7.67. The van der Waals surface area contributed by atoms with E-state index < -0.39 is 5.97 Å². The third kappa shape index (κ3) is 2.91. The third-order valence-corrected chi connectivity index (χ3v) is 4.50. The fourth-order valence-electron chi connectivity index (χ4n) is 1.94. The molecule has 104 valence electrons. The molecule has 3 aromatic rings. The molecule has 1 N–H and O–H groups in total. The summed E-state index contributed by atoms with van der Waals surface area (Å²) in [4.78, 5) is 12.9. The van der Waals surface area contributed by atoms with E-state index in [-0.39, 0.29) is 5.56 Å². The Morgan fingerprint density at radius 1 is 1.14 bits per heavy atom. The molecular weight excluding hydrogens is 352 g/mol. The van der Waals surface area contributed by atoms with Gasteiger partial charge in [0.05, 0.1) is 17.3 Å². The summed E-state index contributed by atoms with van der Waals surface area (Å²) in [6.07, 6.45) is 1.65. The molecule has 0 saturated heterocycles. The van der Waals surface area contributed by atoms with E-state index in [1.165, 1.54) is 11.8 Å². The number of aromatic nitrogens is 2. The predicted octanol–water partition coefficient (Wildman–Crippen LogP) is 4.24. The van der Waals surface area contributed by atoms with E-state index in [9.17, 15) is 9.90 Å². The highest BCUT2D eigenvalue weighted by Crippen LogP contribution is 2.35. The van der Waals surface area contributed by atoms with E-state index >= 15 is 0 Å². The number of aromatic carboxylic acids is 1. The number of halogens is 1. The van der Waals surface area contributed by atoms with Gasteiger partial charge in [-0.15, -0.1) is 0 Å². The van der Waals surface area contributed by atoms with Gasteiger partial charge in [-0.2, -0.15) is 10.2 Å².